The van der Waals surface area contributed by atoms with Gasteiger partial charge in [0, 0.05) is 24.9 Å². The second-order valence-corrected chi connectivity index (χ2v) is 7.80. The van der Waals surface area contributed by atoms with Crippen LogP contribution >= 0.6 is 0 Å². The summed E-state index contributed by atoms with van der Waals surface area (Å²) in [4.78, 5) is 0.107. The summed E-state index contributed by atoms with van der Waals surface area (Å²) in [6.07, 6.45) is 2.11. The number of sulfonamides is 1. The van der Waals surface area contributed by atoms with Gasteiger partial charge in [0.2, 0.25) is 0 Å². The van der Waals surface area contributed by atoms with E-state index in [1.807, 2.05) is 0 Å². The monoisotopic (exact) mass is 389 g/mol. The molecule has 2 aromatic carbocycles. The Bertz CT molecular complexity index is 1030. The summed E-state index contributed by atoms with van der Waals surface area (Å²) >= 11 is 0. The van der Waals surface area contributed by atoms with Gasteiger partial charge in [-0.3, -0.25) is 9.40 Å². The van der Waals surface area contributed by atoms with Crippen LogP contribution in [-0.2, 0) is 16.6 Å². The average molecular weight is 389 g/mol. The molecule has 0 amide bonds. The Morgan fingerprint density at radius 3 is 2.59 bits per heavy atom. The zero-order valence-electron chi connectivity index (χ0n) is 14.8. The summed E-state index contributed by atoms with van der Waals surface area (Å²) in [5.41, 5.74) is 1.48. The van der Waals surface area contributed by atoms with Crippen LogP contribution in [0, 0.1) is 12.7 Å². The maximum atomic E-state index is 14.0. The van der Waals surface area contributed by atoms with E-state index in [9.17, 15) is 12.8 Å². The van der Waals surface area contributed by atoms with Gasteiger partial charge in [-0.2, -0.15) is 5.10 Å². The summed E-state index contributed by atoms with van der Waals surface area (Å²) in [6, 6.07) is 12.6. The van der Waals surface area contributed by atoms with Crippen LogP contribution in [-0.4, -0.2) is 29.9 Å². The molecule has 6 nitrogen and oxygen atoms in total. The summed E-state index contributed by atoms with van der Waals surface area (Å²) in [5.74, 6) is -0.271. The molecular formula is C19H20FN3O3S. The van der Waals surface area contributed by atoms with Gasteiger partial charge in [-0.1, -0.05) is 30.3 Å². The molecule has 0 unspecified atom stereocenters. The van der Waals surface area contributed by atoms with Crippen molar-refractivity contribution < 1.29 is 17.9 Å². The number of halogens is 1. The number of nitrogens with zero attached hydrogens (tertiary/aromatic N) is 2. The predicted octanol–water partition coefficient (Wildman–Crippen LogP) is 3.18. The third-order valence-electron chi connectivity index (χ3n) is 4.07. The Labute approximate surface area is 157 Å². The molecule has 0 atom stereocenters. The molecule has 3 rings (SSSR count). The van der Waals surface area contributed by atoms with Crippen molar-refractivity contribution >= 4 is 15.8 Å². The number of rotatable bonds is 7. The third-order valence-corrected chi connectivity index (χ3v) is 5.43. The lowest BCUT2D eigenvalue weighted by Crippen LogP contribution is -2.14. The first kappa shape index (κ1) is 19.1. The normalized spacial score (nSPS) is 11.5. The van der Waals surface area contributed by atoms with Crippen molar-refractivity contribution in [3.63, 3.8) is 0 Å². The van der Waals surface area contributed by atoms with Crippen molar-refractivity contribution in [3.05, 3.63) is 66.1 Å². The molecule has 8 heteroatoms. The molecule has 0 radical (unpaired) electrons. The largest absolute Gasteiger partial charge is 0.396 e. The number of anilines is 1. The van der Waals surface area contributed by atoms with Crippen molar-refractivity contribution in [2.24, 2.45) is 0 Å². The number of hydrogen-bond acceptors (Lipinski definition) is 4. The molecule has 3 aromatic rings. The number of hydrogen-bond donors (Lipinski definition) is 2. The highest BCUT2D eigenvalue weighted by Gasteiger charge is 2.20. The molecule has 0 fully saturated rings. The summed E-state index contributed by atoms with van der Waals surface area (Å²) < 4.78 is 43.3. The molecule has 1 aromatic heterocycles. The third kappa shape index (κ3) is 4.35. The van der Waals surface area contributed by atoms with Gasteiger partial charge >= 0.3 is 0 Å². The van der Waals surface area contributed by atoms with E-state index < -0.39 is 10.0 Å². The standard InChI is InChI=1S/C19H20FN3O3S/c1-14-8-9-15(12-18(14)20)17-13-23(10-5-11-24)21-19(17)22-27(25,26)16-6-3-2-4-7-16/h2-4,6-9,12-13,24H,5,10-11H2,1H3,(H,21,22). The van der Waals surface area contributed by atoms with E-state index >= 15 is 0 Å². The lowest BCUT2D eigenvalue weighted by Gasteiger charge is -2.08. The summed E-state index contributed by atoms with van der Waals surface area (Å²) in [7, 11) is -3.84. The van der Waals surface area contributed by atoms with Gasteiger partial charge in [0.05, 0.1) is 4.90 Å². The molecule has 27 heavy (non-hydrogen) atoms. The minimum atomic E-state index is -3.84. The Morgan fingerprint density at radius 1 is 1.19 bits per heavy atom. The highest BCUT2D eigenvalue weighted by Crippen LogP contribution is 2.30. The van der Waals surface area contributed by atoms with E-state index in [4.69, 9.17) is 5.11 Å². The van der Waals surface area contributed by atoms with Gasteiger partial charge in [0.1, 0.15) is 5.82 Å². The fourth-order valence-corrected chi connectivity index (χ4v) is 3.64. The first-order valence-electron chi connectivity index (χ1n) is 8.43. The Hall–Kier alpha value is -2.71. The fourth-order valence-electron chi connectivity index (χ4n) is 2.60. The van der Waals surface area contributed by atoms with Crippen molar-refractivity contribution in [2.45, 2.75) is 24.8 Å². The quantitative estimate of drug-likeness (QED) is 0.650. The average Bonchev–Trinajstić information content (AvgIpc) is 3.05. The van der Waals surface area contributed by atoms with E-state index in [0.29, 0.717) is 29.7 Å². The SMILES string of the molecule is Cc1ccc(-c2cn(CCCO)nc2NS(=O)(=O)c2ccccc2)cc1F. The zero-order valence-corrected chi connectivity index (χ0v) is 15.6. The highest BCUT2D eigenvalue weighted by molar-refractivity contribution is 7.92. The Kier molecular flexibility index (Phi) is 5.57. The predicted molar refractivity (Wildman–Crippen MR) is 101 cm³/mol. The zero-order chi connectivity index (χ0) is 19.4. The van der Waals surface area contributed by atoms with Crippen LogP contribution in [0.5, 0.6) is 0 Å². The summed E-state index contributed by atoms with van der Waals surface area (Å²) in [6.45, 7) is 2.05. The number of aliphatic hydroxyl groups is 1. The van der Waals surface area contributed by atoms with Gasteiger partial charge in [0.25, 0.3) is 10.0 Å². The van der Waals surface area contributed by atoms with Gasteiger partial charge < -0.3 is 5.11 Å². The number of aliphatic hydroxyl groups excluding tert-OH is 1. The Balaban J connectivity index is 2.02. The summed E-state index contributed by atoms with van der Waals surface area (Å²) in [5, 5.41) is 13.3. The van der Waals surface area contributed by atoms with E-state index in [0.717, 1.165) is 0 Å². The lowest BCUT2D eigenvalue weighted by atomic mass is 10.1. The molecule has 142 valence electrons. The van der Waals surface area contributed by atoms with E-state index in [1.165, 1.54) is 22.9 Å². The lowest BCUT2D eigenvalue weighted by molar-refractivity contribution is 0.277. The van der Waals surface area contributed by atoms with Crippen LogP contribution < -0.4 is 4.72 Å². The number of benzene rings is 2. The van der Waals surface area contributed by atoms with Crippen molar-refractivity contribution in [1.29, 1.82) is 0 Å². The second-order valence-electron chi connectivity index (χ2n) is 6.11. The van der Waals surface area contributed by atoms with E-state index in [-0.39, 0.29) is 23.1 Å². The second kappa shape index (κ2) is 7.89. The molecule has 2 N–H and O–H groups in total. The number of nitrogens with one attached hydrogen (secondary N) is 1. The molecule has 1 heterocycles. The molecule has 0 saturated carbocycles. The molecule has 0 saturated heterocycles. The van der Waals surface area contributed by atoms with Crippen molar-refractivity contribution in [1.82, 2.24) is 9.78 Å². The van der Waals surface area contributed by atoms with E-state index in [1.54, 1.807) is 43.5 Å². The minimum Gasteiger partial charge on any atom is -0.396 e. The first-order valence-corrected chi connectivity index (χ1v) is 9.92. The molecule has 0 bridgehead atoms. The number of aryl methyl sites for hydroxylation is 2. The first-order chi connectivity index (χ1) is 12.9. The highest BCUT2D eigenvalue weighted by atomic mass is 32.2. The Morgan fingerprint density at radius 2 is 1.93 bits per heavy atom. The van der Waals surface area contributed by atoms with Crippen LogP contribution in [0.25, 0.3) is 11.1 Å². The van der Waals surface area contributed by atoms with Crippen molar-refractivity contribution in [3.8, 4) is 11.1 Å². The van der Waals surface area contributed by atoms with Crippen LogP contribution in [0.15, 0.2) is 59.6 Å². The van der Waals surface area contributed by atoms with Crippen LogP contribution in [0.4, 0.5) is 10.2 Å². The molecule has 0 aliphatic heterocycles. The molecule has 0 spiro atoms. The smallest absolute Gasteiger partial charge is 0.263 e. The minimum absolute atomic E-state index is 0.0145. The van der Waals surface area contributed by atoms with Gasteiger partial charge in [-0.15, -0.1) is 0 Å². The van der Waals surface area contributed by atoms with E-state index in [2.05, 4.69) is 9.82 Å². The van der Waals surface area contributed by atoms with Crippen LogP contribution in [0.3, 0.4) is 0 Å². The maximum Gasteiger partial charge on any atom is 0.263 e. The molecule has 0 aliphatic carbocycles. The van der Waals surface area contributed by atoms with Gasteiger partial charge in [0.15, 0.2) is 5.82 Å². The van der Waals surface area contributed by atoms with Crippen molar-refractivity contribution in [2.75, 3.05) is 11.3 Å². The van der Waals surface area contributed by atoms with Crippen LogP contribution in [0.1, 0.15) is 12.0 Å². The van der Waals surface area contributed by atoms with Crippen LogP contribution in [0.2, 0.25) is 0 Å². The number of aromatic nitrogens is 2. The topological polar surface area (TPSA) is 84.2 Å². The fraction of sp³-hybridized carbons (Fsp3) is 0.211. The maximum absolute atomic E-state index is 14.0. The molecule has 0 aliphatic rings. The molecular weight excluding hydrogens is 369 g/mol. The van der Waals surface area contributed by atoms with Gasteiger partial charge in [-0.25, -0.2) is 12.8 Å². The van der Waals surface area contributed by atoms with Gasteiger partial charge in [-0.05, 0) is 42.7 Å².